The van der Waals surface area contributed by atoms with Gasteiger partial charge in [0.1, 0.15) is 17.9 Å². The van der Waals surface area contributed by atoms with Gasteiger partial charge in [0, 0.05) is 37.1 Å². The van der Waals surface area contributed by atoms with E-state index >= 15 is 0 Å². The van der Waals surface area contributed by atoms with Crippen LogP contribution in [0.15, 0.2) is 33.7 Å². The molecule has 6 nitrogen and oxygen atoms in total. The molecule has 3 N–H and O–H groups in total. The zero-order chi connectivity index (χ0) is 19.1. The molecule has 0 aliphatic carbocycles. The van der Waals surface area contributed by atoms with Crippen LogP contribution in [0.5, 0.6) is 0 Å². The number of aryl methyl sites for hydroxylation is 1. The maximum atomic E-state index is 9.58. The summed E-state index contributed by atoms with van der Waals surface area (Å²) in [7, 11) is 0. The van der Waals surface area contributed by atoms with Gasteiger partial charge < -0.3 is 25.1 Å². The van der Waals surface area contributed by atoms with Crippen molar-refractivity contribution in [1.29, 1.82) is 0 Å². The maximum absolute atomic E-state index is 9.58. The molecule has 0 unspecified atom stereocenters. The minimum absolute atomic E-state index is 0. The number of aliphatic hydroxyl groups is 1. The lowest BCUT2D eigenvalue weighted by Gasteiger charge is -2.29. The van der Waals surface area contributed by atoms with Crippen molar-refractivity contribution in [2.45, 2.75) is 45.8 Å². The van der Waals surface area contributed by atoms with E-state index in [1.54, 1.807) is 0 Å². The number of rotatable bonds is 7. The molecule has 1 aliphatic rings. The number of halogens is 1. The molecule has 1 saturated heterocycles. The molecule has 0 amide bonds. The lowest BCUT2D eigenvalue weighted by Crippen LogP contribution is -2.40. The summed E-state index contributed by atoms with van der Waals surface area (Å²) in [6.45, 7) is 9.46. The van der Waals surface area contributed by atoms with E-state index in [0.29, 0.717) is 6.54 Å². The summed E-state index contributed by atoms with van der Waals surface area (Å²) in [5.74, 6) is 1.74. The van der Waals surface area contributed by atoms with E-state index in [1.165, 1.54) is 0 Å². The number of para-hydroxylation sites is 1. The highest BCUT2D eigenvalue weighted by molar-refractivity contribution is 14.0. The van der Waals surface area contributed by atoms with Crippen molar-refractivity contribution >= 4 is 40.9 Å². The monoisotopic (exact) mass is 500 g/mol. The number of nitrogens with one attached hydrogen (secondary N) is 2. The van der Waals surface area contributed by atoms with Gasteiger partial charge in [-0.15, -0.1) is 24.0 Å². The number of aliphatic imine (C=N–C) groups is 1. The van der Waals surface area contributed by atoms with Gasteiger partial charge in [-0.2, -0.15) is 0 Å². The number of nitrogens with zero attached hydrogens (tertiary/aromatic N) is 2. The highest BCUT2D eigenvalue weighted by atomic mass is 127. The highest BCUT2D eigenvalue weighted by Gasteiger charge is 2.16. The fraction of sp³-hybridized carbons (Fsp3) is 0.571. The first-order valence-corrected chi connectivity index (χ1v) is 10.1. The summed E-state index contributed by atoms with van der Waals surface area (Å²) in [6, 6.07) is 8.11. The first kappa shape index (κ1) is 23.0. The topological polar surface area (TPSA) is 73.0 Å². The summed E-state index contributed by atoms with van der Waals surface area (Å²) in [5.41, 5.74) is 2.09. The molecule has 3 rings (SSSR count). The normalized spacial score (nSPS) is 16.2. The Hall–Kier alpha value is -1.32. The SMILES string of the molecule is CCNC(=NCc1oc2ccccc2c1C)NCCCN1CCC(O)CC1.I. The molecule has 0 spiro atoms. The summed E-state index contributed by atoms with van der Waals surface area (Å²) in [5, 5.41) is 17.5. The van der Waals surface area contributed by atoms with E-state index in [9.17, 15) is 5.11 Å². The average Bonchev–Trinajstić information content (AvgIpc) is 3.00. The molecule has 0 radical (unpaired) electrons. The van der Waals surface area contributed by atoms with Gasteiger partial charge in [0.05, 0.1) is 6.10 Å². The number of furan rings is 1. The predicted molar refractivity (Wildman–Crippen MR) is 125 cm³/mol. The van der Waals surface area contributed by atoms with Crippen molar-refractivity contribution in [2.24, 2.45) is 4.99 Å². The number of hydrogen-bond acceptors (Lipinski definition) is 4. The van der Waals surface area contributed by atoms with Gasteiger partial charge in [0.2, 0.25) is 0 Å². The molecule has 1 aliphatic heterocycles. The van der Waals surface area contributed by atoms with Crippen molar-refractivity contribution in [1.82, 2.24) is 15.5 Å². The summed E-state index contributed by atoms with van der Waals surface area (Å²) in [6.07, 6.45) is 2.75. The van der Waals surface area contributed by atoms with E-state index in [-0.39, 0.29) is 30.1 Å². The second-order valence-electron chi connectivity index (χ2n) is 7.19. The summed E-state index contributed by atoms with van der Waals surface area (Å²) in [4.78, 5) is 7.11. The molecular weight excluding hydrogens is 467 g/mol. The molecule has 1 fully saturated rings. The highest BCUT2D eigenvalue weighted by Crippen LogP contribution is 2.25. The van der Waals surface area contributed by atoms with Crippen molar-refractivity contribution in [3.8, 4) is 0 Å². The van der Waals surface area contributed by atoms with Gasteiger partial charge >= 0.3 is 0 Å². The number of benzene rings is 1. The third kappa shape index (κ3) is 6.35. The molecule has 0 atom stereocenters. The smallest absolute Gasteiger partial charge is 0.191 e. The lowest BCUT2D eigenvalue weighted by molar-refractivity contribution is 0.0823. The van der Waals surface area contributed by atoms with Crippen molar-refractivity contribution in [2.75, 3.05) is 32.7 Å². The first-order chi connectivity index (χ1) is 13.2. The molecule has 28 heavy (non-hydrogen) atoms. The quantitative estimate of drug-likeness (QED) is 0.236. The van der Waals surface area contributed by atoms with Crippen molar-refractivity contribution in [3.63, 3.8) is 0 Å². The number of fused-ring (bicyclic) bond motifs is 1. The molecule has 156 valence electrons. The van der Waals surface area contributed by atoms with Crippen LogP contribution in [-0.4, -0.2) is 54.8 Å². The average molecular weight is 500 g/mol. The minimum Gasteiger partial charge on any atom is -0.459 e. The predicted octanol–water partition coefficient (Wildman–Crippen LogP) is 3.26. The van der Waals surface area contributed by atoms with Crippen molar-refractivity contribution in [3.05, 3.63) is 35.6 Å². The zero-order valence-corrected chi connectivity index (χ0v) is 19.2. The maximum Gasteiger partial charge on any atom is 0.191 e. The Morgan fingerprint density at radius 3 is 2.71 bits per heavy atom. The number of likely N-dealkylation sites (tertiary alicyclic amines) is 1. The van der Waals surface area contributed by atoms with E-state index in [2.05, 4.69) is 40.4 Å². The van der Waals surface area contributed by atoms with Crippen molar-refractivity contribution < 1.29 is 9.52 Å². The van der Waals surface area contributed by atoms with Crippen LogP contribution in [0, 0.1) is 6.92 Å². The van der Waals surface area contributed by atoms with Crippen LogP contribution in [-0.2, 0) is 6.54 Å². The van der Waals surface area contributed by atoms with Gasteiger partial charge in [-0.1, -0.05) is 18.2 Å². The Morgan fingerprint density at radius 1 is 1.25 bits per heavy atom. The zero-order valence-electron chi connectivity index (χ0n) is 16.9. The first-order valence-electron chi connectivity index (χ1n) is 10.1. The van der Waals surface area contributed by atoms with E-state index in [0.717, 1.165) is 80.2 Å². The molecule has 2 heterocycles. The molecule has 1 aromatic carbocycles. The lowest BCUT2D eigenvalue weighted by atomic mass is 10.1. The standard InChI is InChI=1S/C21H32N4O2.HI/c1-3-22-21(23-11-6-12-25-13-9-17(26)10-14-25)24-15-20-16(2)18-7-4-5-8-19(18)27-20;/h4-5,7-8,17,26H,3,6,9-15H2,1-2H3,(H2,22,23,24);1H. The second kappa shape index (κ2) is 11.6. The van der Waals surface area contributed by atoms with Crippen LogP contribution in [0.1, 0.15) is 37.5 Å². The van der Waals surface area contributed by atoms with Crippen LogP contribution in [0.3, 0.4) is 0 Å². The van der Waals surface area contributed by atoms with E-state index in [4.69, 9.17) is 4.42 Å². The fourth-order valence-corrected chi connectivity index (χ4v) is 3.52. The van der Waals surface area contributed by atoms with Crippen LogP contribution >= 0.6 is 24.0 Å². The second-order valence-corrected chi connectivity index (χ2v) is 7.19. The third-order valence-corrected chi connectivity index (χ3v) is 5.17. The van der Waals surface area contributed by atoms with Gasteiger partial charge in [-0.25, -0.2) is 4.99 Å². The summed E-state index contributed by atoms with van der Waals surface area (Å²) < 4.78 is 5.95. The Bertz CT molecular complexity index is 754. The number of aliphatic hydroxyl groups excluding tert-OH is 1. The van der Waals surface area contributed by atoms with Gasteiger partial charge in [0.15, 0.2) is 5.96 Å². The molecule has 7 heteroatoms. The Kier molecular flexibility index (Phi) is 9.53. The Labute approximate surface area is 184 Å². The molecule has 1 aromatic heterocycles. The van der Waals surface area contributed by atoms with Gasteiger partial charge in [-0.3, -0.25) is 0 Å². The molecule has 0 saturated carbocycles. The molecular formula is C21H33IN4O2. The van der Waals surface area contributed by atoms with Crippen LogP contribution in [0.4, 0.5) is 0 Å². The number of guanidine groups is 1. The van der Waals surface area contributed by atoms with E-state index in [1.807, 2.05) is 18.2 Å². The molecule has 0 bridgehead atoms. The Balaban J connectivity index is 0.00000280. The van der Waals surface area contributed by atoms with E-state index < -0.39 is 0 Å². The number of hydrogen-bond donors (Lipinski definition) is 3. The largest absolute Gasteiger partial charge is 0.459 e. The number of piperidine rings is 1. The Morgan fingerprint density at radius 2 is 2.00 bits per heavy atom. The molecule has 2 aromatic rings. The van der Waals surface area contributed by atoms with Crippen LogP contribution in [0.25, 0.3) is 11.0 Å². The summed E-state index contributed by atoms with van der Waals surface area (Å²) >= 11 is 0. The van der Waals surface area contributed by atoms with Crippen LogP contribution in [0.2, 0.25) is 0 Å². The van der Waals surface area contributed by atoms with Gasteiger partial charge in [0.25, 0.3) is 0 Å². The fourth-order valence-electron chi connectivity index (χ4n) is 3.52. The van der Waals surface area contributed by atoms with Gasteiger partial charge in [-0.05, 0) is 45.7 Å². The third-order valence-electron chi connectivity index (χ3n) is 5.17. The minimum atomic E-state index is -0.103. The van der Waals surface area contributed by atoms with Crippen LogP contribution < -0.4 is 10.6 Å².